The Kier molecular flexibility index (Phi) is 4.42. The fourth-order valence-corrected chi connectivity index (χ4v) is 3.71. The molecule has 0 bridgehead atoms. The third-order valence-electron chi connectivity index (χ3n) is 5.15. The molecule has 20 heavy (non-hydrogen) atoms. The van der Waals surface area contributed by atoms with Crippen LogP contribution < -0.4 is 0 Å². The molecule has 2 heteroatoms. The molecule has 1 spiro atoms. The maximum absolute atomic E-state index is 10.4. The lowest BCUT2D eigenvalue weighted by Gasteiger charge is -2.48. The Morgan fingerprint density at radius 2 is 2.05 bits per heavy atom. The average Bonchev–Trinajstić information content (AvgIpc) is 2.47. The topological polar surface area (TPSA) is 29.5 Å². The Labute approximate surface area is 122 Å². The molecule has 3 rings (SSSR count). The highest BCUT2D eigenvalue weighted by molar-refractivity contribution is 5.14. The SMILES string of the molecule is OC(CCCc1ccccc1)C1CCOC2(CCC2)C1. The lowest BCUT2D eigenvalue weighted by molar-refractivity contribution is -0.157. The van der Waals surface area contributed by atoms with E-state index in [1.54, 1.807) is 0 Å². The number of hydrogen-bond acceptors (Lipinski definition) is 2. The van der Waals surface area contributed by atoms with Crippen molar-refractivity contribution >= 4 is 0 Å². The summed E-state index contributed by atoms with van der Waals surface area (Å²) in [5.41, 5.74) is 1.53. The zero-order valence-electron chi connectivity index (χ0n) is 12.3. The Bertz CT molecular complexity index is 411. The fraction of sp³-hybridized carbons (Fsp3) is 0.667. The molecule has 1 aliphatic carbocycles. The molecule has 2 fully saturated rings. The summed E-state index contributed by atoms with van der Waals surface area (Å²) in [6, 6.07) is 10.6. The number of benzene rings is 1. The lowest BCUT2D eigenvalue weighted by atomic mass is 9.70. The molecule has 1 saturated carbocycles. The van der Waals surface area contributed by atoms with Gasteiger partial charge in [-0.05, 0) is 62.8 Å². The summed E-state index contributed by atoms with van der Waals surface area (Å²) in [4.78, 5) is 0. The number of hydrogen-bond donors (Lipinski definition) is 1. The minimum atomic E-state index is -0.139. The lowest BCUT2D eigenvalue weighted by Crippen LogP contribution is -2.47. The first-order valence-electron chi connectivity index (χ1n) is 8.13. The van der Waals surface area contributed by atoms with Crippen molar-refractivity contribution in [1.29, 1.82) is 0 Å². The molecule has 2 unspecified atom stereocenters. The molecule has 1 N–H and O–H groups in total. The molecule has 2 nitrogen and oxygen atoms in total. The molecule has 1 aliphatic heterocycles. The number of aliphatic hydroxyl groups is 1. The molecule has 0 amide bonds. The minimum Gasteiger partial charge on any atom is -0.393 e. The van der Waals surface area contributed by atoms with Gasteiger partial charge in [0.15, 0.2) is 0 Å². The van der Waals surface area contributed by atoms with Crippen LogP contribution in [0.15, 0.2) is 30.3 Å². The van der Waals surface area contributed by atoms with Crippen LogP contribution in [0.1, 0.15) is 50.5 Å². The third kappa shape index (κ3) is 3.24. The van der Waals surface area contributed by atoms with Crippen molar-refractivity contribution in [2.24, 2.45) is 5.92 Å². The molecule has 2 aliphatic rings. The van der Waals surface area contributed by atoms with Crippen molar-refractivity contribution in [1.82, 2.24) is 0 Å². The zero-order valence-corrected chi connectivity index (χ0v) is 12.3. The van der Waals surface area contributed by atoms with E-state index in [0.29, 0.717) is 5.92 Å². The monoisotopic (exact) mass is 274 g/mol. The van der Waals surface area contributed by atoms with Crippen LogP contribution in [-0.4, -0.2) is 23.4 Å². The van der Waals surface area contributed by atoms with Crippen molar-refractivity contribution in [2.45, 2.75) is 63.1 Å². The van der Waals surface area contributed by atoms with Gasteiger partial charge in [0.05, 0.1) is 11.7 Å². The summed E-state index contributed by atoms with van der Waals surface area (Å²) in [6.07, 6.45) is 8.78. The van der Waals surface area contributed by atoms with Crippen LogP contribution in [0.25, 0.3) is 0 Å². The van der Waals surface area contributed by atoms with Gasteiger partial charge in [-0.3, -0.25) is 0 Å². The molecule has 0 radical (unpaired) electrons. The van der Waals surface area contributed by atoms with Crippen molar-refractivity contribution in [3.05, 3.63) is 35.9 Å². The highest BCUT2D eigenvalue weighted by atomic mass is 16.5. The third-order valence-corrected chi connectivity index (χ3v) is 5.15. The number of rotatable bonds is 5. The van der Waals surface area contributed by atoms with E-state index in [-0.39, 0.29) is 11.7 Å². The molecule has 1 saturated heterocycles. The molecular weight excluding hydrogens is 248 g/mol. The average molecular weight is 274 g/mol. The van der Waals surface area contributed by atoms with Crippen molar-refractivity contribution in [2.75, 3.05) is 6.61 Å². The molecule has 0 aromatic heterocycles. The van der Waals surface area contributed by atoms with Crippen LogP contribution in [0, 0.1) is 5.92 Å². The van der Waals surface area contributed by atoms with Gasteiger partial charge in [0.2, 0.25) is 0 Å². The zero-order chi connectivity index (χ0) is 13.8. The Balaban J connectivity index is 1.43. The Morgan fingerprint density at radius 3 is 2.75 bits per heavy atom. The quantitative estimate of drug-likeness (QED) is 0.886. The second kappa shape index (κ2) is 6.28. The molecule has 110 valence electrons. The Morgan fingerprint density at radius 1 is 1.25 bits per heavy atom. The van der Waals surface area contributed by atoms with Crippen molar-refractivity contribution < 1.29 is 9.84 Å². The summed E-state index contributed by atoms with van der Waals surface area (Å²) < 4.78 is 5.94. The number of aryl methyl sites for hydroxylation is 1. The van der Waals surface area contributed by atoms with Crippen molar-refractivity contribution in [3.8, 4) is 0 Å². The second-order valence-corrected chi connectivity index (χ2v) is 6.58. The Hall–Kier alpha value is -0.860. The van der Waals surface area contributed by atoms with Crippen molar-refractivity contribution in [3.63, 3.8) is 0 Å². The van der Waals surface area contributed by atoms with E-state index in [1.165, 1.54) is 24.8 Å². The van der Waals surface area contributed by atoms with Gasteiger partial charge in [-0.2, -0.15) is 0 Å². The summed E-state index contributed by atoms with van der Waals surface area (Å²) in [7, 11) is 0. The molecule has 2 atom stereocenters. The smallest absolute Gasteiger partial charge is 0.0686 e. The highest BCUT2D eigenvalue weighted by Crippen LogP contribution is 2.45. The first kappa shape index (κ1) is 14.1. The second-order valence-electron chi connectivity index (χ2n) is 6.58. The van der Waals surface area contributed by atoms with Gasteiger partial charge < -0.3 is 9.84 Å². The molecule has 1 heterocycles. The normalized spacial score (nSPS) is 26.1. The van der Waals surface area contributed by atoms with Gasteiger partial charge in [0.1, 0.15) is 0 Å². The van der Waals surface area contributed by atoms with E-state index in [2.05, 4.69) is 30.3 Å². The standard InChI is InChI=1S/C18H26O2/c19-17(9-4-8-15-6-2-1-3-7-15)16-10-13-20-18(14-16)11-5-12-18/h1-3,6-7,16-17,19H,4-5,8-14H2. The van der Waals surface area contributed by atoms with Gasteiger partial charge in [-0.25, -0.2) is 0 Å². The summed E-state index contributed by atoms with van der Waals surface area (Å²) in [6.45, 7) is 0.848. The van der Waals surface area contributed by atoms with Crippen LogP contribution in [-0.2, 0) is 11.2 Å². The van der Waals surface area contributed by atoms with Crippen LogP contribution in [0.3, 0.4) is 0 Å². The summed E-state index contributed by atoms with van der Waals surface area (Å²) in [5.74, 6) is 0.458. The highest BCUT2D eigenvalue weighted by Gasteiger charge is 2.43. The largest absolute Gasteiger partial charge is 0.393 e. The van der Waals surface area contributed by atoms with Gasteiger partial charge in [0, 0.05) is 6.61 Å². The van der Waals surface area contributed by atoms with E-state index in [4.69, 9.17) is 4.74 Å². The van der Waals surface area contributed by atoms with E-state index in [9.17, 15) is 5.11 Å². The minimum absolute atomic E-state index is 0.139. The van der Waals surface area contributed by atoms with Crippen LogP contribution in [0.4, 0.5) is 0 Å². The first-order valence-corrected chi connectivity index (χ1v) is 8.13. The molecule has 1 aromatic rings. The first-order chi connectivity index (χ1) is 9.77. The predicted molar refractivity (Wildman–Crippen MR) is 80.6 cm³/mol. The number of aliphatic hydroxyl groups excluding tert-OH is 1. The van der Waals surface area contributed by atoms with Crippen LogP contribution >= 0.6 is 0 Å². The van der Waals surface area contributed by atoms with Gasteiger partial charge in [-0.15, -0.1) is 0 Å². The van der Waals surface area contributed by atoms with Gasteiger partial charge in [0.25, 0.3) is 0 Å². The predicted octanol–water partition coefficient (Wildman–Crippen LogP) is 3.72. The molecule has 1 aromatic carbocycles. The maximum Gasteiger partial charge on any atom is 0.0686 e. The van der Waals surface area contributed by atoms with E-state index in [0.717, 1.165) is 38.7 Å². The fourth-order valence-electron chi connectivity index (χ4n) is 3.71. The number of ether oxygens (including phenoxy) is 1. The maximum atomic E-state index is 10.4. The van der Waals surface area contributed by atoms with E-state index >= 15 is 0 Å². The van der Waals surface area contributed by atoms with E-state index in [1.807, 2.05) is 0 Å². The van der Waals surface area contributed by atoms with Crippen LogP contribution in [0.2, 0.25) is 0 Å². The summed E-state index contributed by atoms with van der Waals surface area (Å²) >= 11 is 0. The molecular formula is C18H26O2. The van der Waals surface area contributed by atoms with Gasteiger partial charge >= 0.3 is 0 Å². The van der Waals surface area contributed by atoms with Crippen LogP contribution in [0.5, 0.6) is 0 Å². The van der Waals surface area contributed by atoms with Gasteiger partial charge in [-0.1, -0.05) is 30.3 Å². The summed E-state index contributed by atoms with van der Waals surface area (Å²) in [5, 5.41) is 10.4. The van der Waals surface area contributed by atoms with E-state index < -0.39 is 0 Å².